The zero-order valence-corrected chi connectivity index (χ0v) is 8.83. The maximum absolute atomic E-state index is 9.05. The van der Waals surface area contributed by atoms with Crippen LogP contribution in [0.3, 0.4) is 0 Å². The number of halogens is 1. The molecule has 1 atom stereocenters. The summed E-state index contributed by atoms with van der Waals surface area (Å²) >= 11 is 0. The molecule has 0 spiro atoms. The number of benzene rings is 1. The number of aromatic hydroxyl groups is 1. The third-order valence-electron chi connectivity index (χ3n) is 2.04. The molecular formula is C10H17ClN2O. The minimum Gasteiger partial charge on any atom is -0.508 e. The summed E-state index contributed by atoms with van der Waals surface area (Å²) in [6.07, 6.45) is 1.82. The Morgan fingerprint density at radius 1 is 1.21 bits per heavy atom. The molecule has 1 aromatic carbocycles. The monoisotopic (exact) mass is 216 g/mol. The van der Waals surface area contributed by atoms with Crippen molar-refractivity contribution in [3.8, 4) is 5.75 Å². The number of phenolic OH excluding ortho intramolecular Hbond substituents is 1. The summed E-state index contributed by atoms with van der Waals surface area (Å²) in [6.45, 7) is 0.672. The third-order valence-corrected chi connectivity index (χ3v) is 2.04. The number of hydrogen-bond acceptors (Lipinski definition) is 3. The van der Waals surface area contributed by atoms with Gasteiger partial charge in [0.2, 0.25) is 0 Å². The van der Waals surface area contributed by atoms with Gasteiger partial charge < -0.3 is 16.6 Å². The third kappa shape index (κ3) is 3.96. The molecule has 0 unspecified atom stereocenters. The van der Waals surface area contributed by atoms with E-state index in [9.17, 15) is 0 Å². The highest BCUT2D eigenvalue weighted by atomic mass is 35.5. The molecule has 0 heterocycles. The van der Waals surface area contributed by atoms with Gasteiger partial charge >= 0.3 is 0 Å². The van der Waals surface area contributed by atoms with Crippen LogP contribution >= 0.6 is 12.4 Å². The highest BCUT2D eigenvalue weighted by Crippen LogP contribution is 2.18. The SMILES string of the molecule is Cl.NCCC[C@H](N)c1ccc(O)cc1. The highest BCUT2D eigenvalue weighted by molar-refractivity contribution is 5.85. The van der Waals surface area contributed by atoms with E-state index in [0.717, 1.165) is 18.4 Å². The second-order valence-electron chi connectivity index (χ2n) is 3.13. The predicted octanol–water partition coefficient (Wildman–Crippen LogP) is 1.55. The normalized spacial score (nSPS) is 11.9. The summed E-state index contributed by atoms with van der Waals surface area (Å²) in [4.78, 5) is 0. The number of nitrogens with two attached hydrogens (primary N) is 2. The van der Waals surface area contributed by atoms with Crippen LogP contribution in [0, 0.1) is 0 Å². The van der Waals surface area contributed by atoms with Gasteiger partial charge in [0, 0.05) is 6.04 Å². The molecule has 0 aliphatic rings. The van der Waals surface area contributed by atoms with Crippen LogP contribution in [0.15, 0.2) is 24.3 Å². The van der Waals surface area contributed by atoms with E-state index in [1.165, 1.54) is 0 Å². The second-order valence-corrected chi connectivity index (χ2v) is 3.13. The number of hydrogen-bond donors (Lipinski definition) is 3. The van der Waals surface area contributed by atoms with Crippen molar-refractivity contribution in [2.75, 3.05) is 6.54 Å². The summed E-state index contributed by atoms with van der Waals surface area (Å²) < 4.78 is 0. The first-order valence-corrected chi connectivity index (χ1v) is 4.48. The van der Waals surface area contributed by atoms with Crippen molar-refractivity contribution in [2.45, 2.75) is 18.9 Å². The van der Waals surface area contributed by atoms with E-state index in [-0.39, 0.29) is 24.2 Å². The van der Waals surface area contributed by atoms with E-state index in [0.29, 0.717) is 6.54 Å². The van der Waals surface area contributed by atoms with E-state index in [1.807, 2.05) is 12.1 Å². The number of phenols is 1. The molecule has 0 saturated heterocycles. The first-order chi connectivity index (χ1) is 6.24. The van der Waals surface area contributed by atoms with Crippen molar-refractivity contribution in [2.24, 2.45) is 11.5 Å². The Labute approximate surface area is 90.5 Å². The van der Waals surface area contributed by atoms with Crippen LogP contribution < -0.4 is 11.5 Å². The van der Waals surface area contributed by atoms with Crippen LogP contribution in [-0.4, -0.2) is 11.7 Å². The summed E-state index contributed by atoms with van der Waals surface area (Å²) in [5.74, 6) is 0.273. The van der Waals surface area contributed by atoms with Crippen LogP contribution in [0.2, 0.25) is 0 Å². The molecule has 0 aromatic heterocycles. The zero-order valence-electron chi connectivity index (χ0n) is 8.02. The van der Waals surface area contributed by atoms with Gasteiger partial charge in [0.15, 0.2) is 0 Å². The van der Waals surface area contributed by atoms with Gasteiger partial charge in [-0.3, -0.25) is 0 Å². The average Bonchev–Trinajstić information content (AvgIpc) is 2.15. The van der Waals surface area contributed by atoms with Gasteiger partial charge in [0.05, 0.1) is 0 Å². The summed E-state index contributed by atoms with van der Waals surface area (Å²) in [5.41, 5.74) is 12.3. The van der Waals surface area contributed by atoms with Crippen LogP contribution in [0.4, 0.5) is 0 Å². The molecular weight excluding hydrogens is 200 g/mol. The van der Waals surface area contributed by atoms with E-state index < -0.39 is 0 Å². The van der Waals surface area contributed by atoms with E-state index in [1.54, 1.807) is 12.1 Å². The van der Waals surface area contributed by atoms with Crippen LogP contribution in [-0.2, 0) is 0 Å². The highest BCUT2D eigenvalue weighted by Gasteiger charge is 2.04. The molecule has 3 nitrogen and oxygen atoms in total. The smallest absolute Gasteiger partial charge is 0.115 e. The molecule has 0 saturated carbocycles. The molecule has 4 heteroatoms. The van der Waals surface area contributed by atoms with Crippen molar-refractivity contribution in [1.29, 1.82) is 0 Å². The Bertz CT molecular complexity index is 251. The maximum atomic E-state index is 9.05. The Kier molecular flexibility index (Phi) is 6.28. The molecule has 0 aliphatic carbocycles. The molecule has 1 aromatic rings. The van der Waals surface area contributed by atoms with Crippen LogP contribution in [0.25, 0.3) is 0 Å². The fraction of sp³-hybridized carbons (Fsp3) is 0.400. The van der Waals surface area contributed by atoms with Gasteiger partial charge in [0.1, 0.15) is 5.75 Å². The molecule has 80 valence electrons. The Morgan fingerprint density at radius 2 is 1.79 bits per heavy atom. The Hall–Kier alpha value is -0.770. The maximum Gasteiger partial charge on any atom is 0.115 e. The number of rotatable bonds is 4. The second kappa shape index (κ2) is 6.65. The quantitative estimate of drug-likeness (QED) is 0.715. The lowest BCUT2D eigenvalue weighted by Crippen LogP contribution is -2.12. The molecule has 0 bridgehead atoms. The van der Waals surface area contributed by atoms with Gasteiger partial charge in [-0.15, -0.1) is 12.4 Å². The van der Waals surface area contributed by atoms with Crippen molar-refractivity contribution in [1.82, 2.24) is 0 Å². The topological polar surface area (TPSA) is 72.3 Å². The minimum atomic E-state index is 0. The molecule has 1 rings (SSSR count). The van der Waals surface area contributed by atoms with E-state index in [2.05, 4.69) is 0 Å². The molecule has 5 N–H and O–H groups in total. The van der Waals surface area contributed by atoms with E-state index >= 15 is 0 Å². The van der Waals surface area contributed by atoms with E-state index in [4.69, 9.17) is 16.6 Å². The van der Waals surface area contributed by atoms with Crippen molar-refractivity contribution in [3.05, 3.63) is 29.8 Å². The summed E-state index contributed by atoms with van der Waals surface area (Å²) in [6, 6.07) is 7.02. The summed E-state index contributed by atoms with van der Waals surface area (Å²) in [5, 5.41) is 9.05. The lowest BCUT2D eigenvalue weighted by atomic mass is 10.0. The van der Waals surface area contributed by atoms with Gasteiger partial charge in [-0.1, -0.05) is 12.1 Å². The fourth-order valence-corrected chi connectivity index (χ4v) is 1.23. The molecule has 0 aliphatic heterocycles. The zero-order chi connectivity index (χ0) is 9.68. The first-order valence-electron chi connectivity index (χ1n) is 4.48. The minimum absolute atomic E-state index is 0. The Balaban J connectivity index is 0.00000169. The largest absolute Gasteiger partial charge is 0.508 e. The lowest BCUT2D eigenvalue weighted by Gasteiger charge is -2.10. The summed E-state index contributed by atoms with van der Waals surface area (Å²) in [7, 11) is 0. The average molecular weight is 217 g/mol. The Morgan fingerprint density at radius 3 is 2.29 bits per heavy atom. The van der Waals surface area contributed by atoms with Crippen molar-refractivity contribution >= 4 is 12.4 Å². The van der Waals surface area contributed by atoms with Crippen LogP contribution in [0.1, 0.15) is 24.4 Å². The van der Waals surface area contributed by atoms with Crippen molar-refractivity contribution in [3.63, 3.8) is 0 Å². The van der Waals surface area contributed by atoms with Crippen LogP contribution in [0.5, 0.6) is 5.75 Å². The van der Waals surface area contributed by atoms with Gasteiger partial charge in [-0.2, -0.15) is 0 Å². The molecule has 0 radical (unpaired) electrons. The standard InChI is InChI=1S/C10H16N2O.ClH/c11-7-1-2-10(12)8-3-5-9(13)6-4-8;/h3-6,10,13H,1-2,7,11-12H2;1H/t10-;/m0./s1. The van der Waals surface area contributed by atoms with Crippen molar-refractivity contribution < 1.29 is 5.11 Å². The predicted molar refractivity (Wildman–Crippen MR) is 60.6 cm³/mol. The first kappa shape index (κ1) is 13.2. The van der Waals surface area contributed by atoms with Gasteiger partial charge in [0.25, 0.3) is 0 Å². The lowest BCUT2D eigenvalue weighted by molar-refractivity contribution is 0.474. The molecule has 0 amide bonds. The van der Waals surface area contributed by atoms with Gasteiger partial charge in [-0.05, 0) is 37.1 Å². The molecule has 0 fully saturated rings. The molecule has 14 heavy (non-hydrogen) atoms. The van der Waals surface area contributed by atoms with Gasteiger partial charge in [-0.25, -0.2) is 0 Å². The fourth-order valence-electron chi connectivity index (χ4n) is 1.23.